The van der Waals surface area contributed by atoms with Gasteiger partial charge >= 0.3 is 0 Å². The van der Waals surface area contributed by atoms with Crippen molar-refractivity contribution < 1.29 is 17.6 Å². The third-order valence-corrected chi connectivity index (χ3v) is 13.2. The molecule has 0 spiro atoms. The Hall–Kier alpha value is -9.00. The summed E-state index contributed by atoms with van der Waals surface area (Å²) in [5.74, 6) is -2.82. The normalized spacial score (nSPS) is 11.4. The topological polar surface area (TPSA) is 6.48 Å². The Kier molecular flexibility index (Phi) is 10.6. The molecule has 0 heterocycles. The zero-order valence-electron chi connectivity index (χ0n) is 37.5. The summed E-state index contributed by atoms with van der Waals surface area (Å²) in [5.41, 5.74) is 8.96. The highest BCUT2D eigenvalue weighted by molar-refractivity contribution is 6.28. The standard InChI is InChI=1S/C64H40F4N2/c65-49-37-55(47-21-13-19-45(35-47)41-15-5-1-6-16-41)63(57(67)39-49)69(51-23-9-3-10-24-51)59-33-29-43-28-32-54-60(34-30-44-27-31-53(59)61(43)62(44)54)70(52-25-11-4-12-26-52)64-56(38-50(66)40-58(64)68)48-22-14-20-46(36-48)42-17-7-2-8-18-42/h1-40H. The van der Waals surface area contributed by atoms with E-state index in [0.717, 1.165) is 66.7 Å². The van der Waals surface area contributed by atoms with E-state index >= 15 is 17.6 Å². The van der Waals surface area contributed by atoms with Gasteiger partial charge in [0.2, 0.25) is 0 Å². The lowest BCUT2D eigenvalue weighted by molar-refractivity contribution is 0.584. The zero-order chi connectivity index (χ0) is 47.3. The molecule has 0 aliphatic rings. The lowest BCUT2D eigenvalue weighted by atomic mass is 9.91. The van der Waals surface area contributed by atoms with Crippen molar-refractivity contribution in [3.8, 4) is 44.5 Å². The Morgan fingerprint density at radius 1 is 0.271 bits per heavy atom. The van der Waals surface area contributed by atoms with Crippen molar-refractivity contribution in [2.75, 3.05) is 9.80 Å². The van der Waals surface area contributed by atoms with Gasteiger partial charge in [-0.2, -0.15) is 0 Å². The lowest BCUT2D eigenvalue weighted by Crippen LogP contribution is -2.15. The summed E-state index contributed by atoms with van der Waals surface area (Å²) in [6.45, 7) is 0. The summed E-state index contributed by atoms with van der Waals surface area (Å²) >= 11 is 0. The van der Waals surface area contributed by atoms with Crippen molar-refractivity contribution >= 4 is 66.4 Å². The second-order valence-electron chi connectivity index (χ2n) is 17.4. The third-order valence-electron chi connectivity index (χ3n) is 13.2. The molecule has 0 aromatic heterocycles. The number of anilines is 6. The van der Waals surface area contributed by atoms with E-state index in [2.05, 4.69) is 24.3 Å². The maximum atomic E-state index is 17.1. The number of halogens is 4. The smallest absolute Gasteiger partial charge is 0.150 e. The lowest BCUT2D eigenvalue weighted by Gasteiger charge is -2.31. The SMILES string of the molecule is Fc1cc(F)c(N(c2ccccc2)c2ccc3ccc4c(N(c5ccccc5)c5c(F)cc(F)cc5-c5cccc(-c6ccccc6)c5)ccc5ccc2c3c54)c(-c2cccc(-c3ccccc3)c2)c1. The first-order valence-electron chi connectivity index (χ1n) is 23.1. The van der Waals surface area contributed by atoms with Crippen LogP contribution in [0.2, 0.25) is 0 Å². The van der Waals surface area contributed by atoms with Crippen molar-refractivity contribution in [1.82, 2.24) is 0 Å². The third kappa shape index (κ3) is 7.47. The van der Waals surface area contributed by atoms with Gasteiger partial charge < -0.3 is 9.80 Å². The first kappa shape index (κ1) is 42.4. The summed E-state index contributed by atoms with van der Waals surface area (Å²) in [7, 11) is 0. The molecule has 0 unspecified atom stereocenters. The molecule has 0 fully saturated rings. The summed E-state index contributed by atoms with van der Waals surface area (Å²) < 4.78 is 65.4. The molecule has 0 bridgehead atoms. The van der Waals surface area contributed by atoms with E-state index in [1.165, 1.54) is 12.1 Å². The molecule has 0 radical (unpaired) electrons. The van der Waals surface area contributed by atoms with Crippen LogP contribution in [0, 0.1) is 23.3 Å². The van der Waals surface area contributed by atoms with Gasteiger partial charge in [-0.05, 0) is 116 Å². The molecule has 12 aromatic rings. The fourth-order valence-electron chi connectivity index (χ4n) is 10.1. The van der Waals surface area contributed by atoms with Crippen molar-refractivity contribution in [2.24, 2.45) is 0 Å². The van der Waals surface area contributed by atoms with Crippen LogP contribution in [0.25, 0.3) is 76.8 Å². The fraction of sp³-hybridized carbons (Fsp3) is 0. The Balaban J connectivity index is 1.09. The first-order valence-corrected chi connectivity index (χ1v) is 23.1. The molecule has 0 N–H and O–H groups in total. The largest absolute Gasteiger partial charge is 0.307 e. The van der Waals surface area contributed by atoms with Crippen LogP contribution in [0.5, 0.6) is 0 Å². The minimum absolute atomic E-state index is 0.194. The summed E-state index contributed by atoms with van der Waals surface area (Å²) in [6.07, 6.45) is 0. The van der Waals surface area contributed by atoms with Crippen LogP contribution < -0.4 is 9.80 Å². The van der Waals surface area contributed by atoms with Crippen LogP contribution in [0.4, 0.5) is 51.7 Å². The van der Waals surface area contributed by atoms with Crippen LogP contribution in [0.3, 0.4) is 0 Å². The molecule has 70 heavy (non-hydrogen) atoms. The van der Waals surface area contributed by atoms with Gasteiger partial charge in [-0.3, -0.25) is 0 Å². The van der Waals surface area contributed by atoms with Crippen molar-refractivity contribution in [2.45, 2.75) is 0 Å². The van der Waals surface area contributed by atoms with Crippen molar-refractivity contribution in [3.05, 3.63) is 266 Å². The van der Waals surface area contributed by atoms with Crippen LogP contribution >= 0.6 is 0 Å². The molecule has 0 atom stereocenters. The number of para-hydroxylation sites is 2. The van der Waals surface area contributed by atoms with Gasteiger partial charge in [0.15, 0.2) is 11.6 Å². The van der Waals surface area contributed by atoms with E-state index in [9.17, 15) is 0 Å². The summed E-state index contributed by atoms with van der Waals surface area (Å²) in [5, 5.41) is 5.34. The molecule has 0 saturated carbocycles. The van der Waals surface area contributed by atoms with E-state index in [0.29, 0.717) is 45.0 Å². The van der Waals surface area contributed by atoms with E-state index in [1.54, 1.807) is 0 Å². The predicted molar refractivity (Wildman–Crippen MR) is 281 cm³/mol. The number of rotatable bonds is 10. The highest BCUT2D eigenvalue weighted by Crippen LogP contribution is 2.51. The van der Waals surface area contributed by atoms with Crippen LogP contribution in [0.1, 0.15) is 0 Å². The van der Waals surface area contributed by atoms with E-state index in [1.807, 2.05) is 204 Å². The molecular weight excluding hydrogens is 873 g/mol. The quantitative estimate of drug-likeness (QED) is 0.0996. The highest BCUT2D eigenvalue weighted by Gasteiger charge is 2.28. The van der Waals surface area contributed by atoms with Gasteiger partial charge in [0.05, 0.1) is 22.7 Å². The molecule has 0 aliphatic heterocycles. The molecule has 2 nitrogen and oxygen atoms in total. The van der Waals surface area contributed by atoms with Gasteiger partial charge in [-0.15, -0.1) is 0 Å². The molecule has 334 valence electrons. The maximum absolute atomic E-state index is 17.1. The minimum Gasteiger partial charge on any atom is -0.307 e. The molecule has 6 heteroatoms. The van der Waals surface area contributed by atoms with Gasteiger partial charge in [0, 0.05) is 45.4 Å². The predicted octanol–water partition coefficient (Wildman–Crippen LogP) is 18.7. The molecule has 12 aromatic carbocycles. The van der Waals surface area contributed by atoms with Gasteiger partial charge in [-0.1, -0.05) is 170 Å². The minimum atomic E-state index is -0.720. The summed E-state index contributed by atoms with van der Waals surface area (Å²) in [4.78, 5) is 3.76. The average molecular weight is 913 g/mol. The second kappa shape index (κ2) is 17.6. The van der Waals surface area contributed by atoms with E-state index in [4.69, 9.17) is 0 Å². The zero-order valence-corrected chi connectivity index (χ0v) is 37.5. The first-order chi connectivity index (χ1) is 34.4. The van der Waals surface area contributed by atoms with Crippen molar-refractivity contribution in [1.29, 1.82) is 0 Å². The number of hydrogen-bond acceptors (Lipinski definition) is 2. The van der Waals surface area contributed by atoms with E-state index < -0.39 is 23.3 Å². The second-order valence-corrected chi connectivity index (χ2v) is 17.4. The van der Waals surface area contributed by atoms with Gasteiger partial charge in [0.1, 0.15) is 11.6 Å². The number of nitrogens with zero attached hydrogens (tertiary/aromatic N) is 2. The maximum Gasteiger partial charge on any atom is 0.150 e. The Bertz CT molecular complexity index is 3620. The van der Waals surface area contributed by atoms with Crippen LogP contribution in [0.15, 0.2) is 243 Å². The van der Waals surface area contributed by atoms with Crippen molar-refractivity contribution in [3.63, 3.8) is 0 Å². The Labute approximate surface area is 402 Å². The fourth-order valence-corrected chi connectivity index (χ4v) is 10.1. The van der Waals surface area contributed by atoms with Gasteiger partial charge in [0.25, 0.3) is 0 Å². The van der Waals surface area contributed by atoms with Gasteiger partial charge in [-0.25, -0.2) is 17.6 Å². The monoisotopic (exact) mass is 912 g/mol. The summed E-state index contributed by atoms with van der Waals surface area (Å²) in [6, 6.07) is 75.4. The highest BCUT2D eigenvalue weighted by atomic mass is 19.1. The number of hydrogen-bond donors (Lipinski definition) is 0. The molecule has 12 rings (SSSR count). The Morgan fingerprint density at radius 3 is 1.01 bits per heavy atom. The van der Waals surface area contributed by atoms with Crippen LogP contribution in [-0.4, -0.2) is 0 Å². The Morgan fingerprint density at radius 2 is 0.614 bits per heavy atom. The van der Waals surface area contributed by atoms with E-state index in [-0.39, 0.29) is 11.4 Å². The molecule has 0 amide bonds. The molecule has 0 aliphatic carbocycles. The van der Waals surface area contributed by atoms with Crippen LogP contribution in [-0.2, 0) is 0 Å². The average Bonchev–Trinajstić information content (AvgIpc) is 3.41. The molecular formula is C64H40F4N2. The number of benzene rings is 12. The molecule has 0 saturated heterocycles.